The van der Waals surface area contributed by atoms with Crippen LogP contribution in [0.15, 0.2) is 40.8 Å². The summed E-state index contributed by atoms with van der Waals surface area (Å²) in [5.74, 6) is 1.56. The lowest BCUT2D eigenvalue weighted by Gasteiger charge is -2.27. The standard InChI is InChI=1S/C21H22N4O3/c1-13-11-16(14(2)28-13)21(27)25-10-9-18-17(12-25)19(23-24(18)3)22-20(26)15-7-5-4-6-8-15/h4-8,11H,9-10,12H2,1-3H3,(H,22,23,26). The molecule has 0 spiro atoms. The van der Waals surface area contributed by atoms with Gasteiger partial charge in [-0.3, -0.25) is 14.3 Å². The third-order valence-electron chi connectivity index (χ3n) is 5.07. The number of aryl methyl sites for hydroxylation is 3. The van der Waals surface area contributed by atoms with Crippen LogP contribution in [0.25, 0.3) is 0 Å². The molecule has 2 aromatic heterocycles. The highest BCUT2D eigenvalue weighted by Crippen LogP contribution is 2.28. The largest absolute Gasteiger partial charge is 0.466 e. The van der Waals surface area contributed by atoms with Gasteiger partial charge in [0.25, 0.3) is 11.8 Å². The van der Waals surface area contributed by atoms with Crippen molar-refractivity contribution in [2.75, 3.05) is 11.9 Å². The summed E-state index contributed by atoms with van der Waals surface area (Å²) in [7, 11) is 1.86. The molecule has 3 aromatic rings. The van der Waals surface area contributed by atoms with Crippen LogP contribution < -0.4 is 5.32 Å². The van der Waals surface area contributed by atoms with Crippen LogP contribution in [0.3, 0.4) is 0 Å². The molecule has 0 saturated heterocycles. The second-order valence-corrected chi connectivity index (χ2v) is 7.02. The molecular formula is C21H22N4O3. The first-order chi connectivity index (χ1) is 13.4. The molecule has 0 bridgehead atoms. The van der Waals surface area contributed by atoms with E-state index in [0.29, 0.717) is 42.2 Å². The number of furan rings is 1. The average molecular weight is 378 g/mol. The lowest BCUT2D eigenvalue weighted by Crippen LogP contribution is -2.36. The van der Waals surface area contributed by atoms with Crippen molar-refractivity contribution in [3.05, 3.63) is 70.3 Å². The summed E-state index contributed by atoms with van der Waals surface area (Å²) in [5, 5.41) is 7.37. The normalized spacial score (nSPS) is 13.3. The molecule has 0 aliphatic carbocycles. The van der Waals surface area contributed by atoms with Gasteiger partial charge in [0.1, 0.15) is 11.5 Å². The number of carbonyl (C=O) groups is 2. The second-order valence-electron chi connectivity index (χ2n) is 7.02. The Bertz CT molecular complexity index is 1050. The van der Waals surface area contributed by atoms with Crippen LogP contribution in [0, 0.1) is 13.8 Å². The van der Waals surface area contributed by atoms with E-state index in [1.54, 1.807) is 34.7 Å². The smallest absolute Gasteiger partial charge is 0.257 e. The Morgan fingerprint density at radius 2 is 1.93 bits per heavy atom. The number of benzene rings is 1. The third-order valence-corrected chi connectivity index (χ3v) is 5.07. The second kappa shape index (κ2) is 6.99. The molecule has 28 heavy (non-hydrogen) atoms. The number of amides is 2. The van der Waals surface area contributed by atoms with Gasteiger partial charge in [-0.1, -0.05) is 18.2 Å². The number of nitrogens with one attached hydrogen (secondary N) is 1. The lowest BCUT2D eigenvalue weighted by molar-refractivity contribution is 0.0732. The predicted octanol–water partition coefficient (Wildman–Crippen LogP) is 3.08. The molecule has 1 aliphatic rings. The maximum atomic E-state index is 13.0. The van der Waals surface area contributed by atoms with Gasteiger partial charge in [0.15, 0.2) is 5.82 Å². The molecule has 4 rings (SSSR count). The highest BCUT2D eigenvalue weighted by molar-refractivity contribution is 6.04. The summed E-state index contributed by atoms with van der Waals surface area (Å²) in [4.78, 5) is 27.3. The number of aromatic nitrogens is 2. The zero-order valence-electron chi connectivity index (χ0n) is 16.2. The minimum Gasteiger partial charge on any atom is -0.466 e. The fourth-order valence-electron chi connectivity index (χ4n) is 3.65. The minimum absolute atomic E-state index is 0.0656. The lowest BCUT2D eigenvalue weighted by atomic mass is 10.1. The van der Waals surface area contributed by atoms with Gasteiger partial charge in [0, 0.05) is 36.8 Å². The number of anilines is 1. The first kappa shape index (κ1) is 18.0. The van der Waals surface area contributed by atoms with Gasteiger partial charge in [0.2, 0.25) is 0 Å². The van der Waals surface area contributed by atoms with Crippen molar-refractivity contribution in [2.45, 2.75) is 26.8 Å². The molecule has 0 atom stereocenters. The summed E-state index contributed by atoms with van der Waals surface area (Å²) in [6.07, 6.45) is 0.682. The molecule has 1 aliphatic heterocycles. The SMILES string of the molecule is Cc1cc(C(=O)N2CCc3c(c(NC(=O)c4ccccc4)nn3C)C2)c(C)o1. The highest BCUT2D eigenvalue weighted by Gasteiger charge is 2.29. The molecule has 0 unspecified atom stereocenters. The molecular weight excluding hydrogens is 356 g/mol. The van der Waals surface area contributed by atoms with Crippen LogP contribution in [-0.4, -0.2) is 33.0 Å². The van der Waals surface area contributed by atoms with Crippen molar-refractivity contribution >= 4 is 17.6 Å². The molecule has 3 heterocycles. The topological polar surface area (TPSA) is 80.4 Å². The van der Waals surface area contributed by atoms with E-state index >= 15 is 0 Å². The Balaban J connectivity index is 1.59. The fraction of sp³-hybridized carbons (Fsp3) is 0.286. The highest BCUT2D eigenvalue weighted by atomic mass is 16.3. The Morgan fingerprint density at radius 3 is 2.61 bits per heavy atom. The maximum Gasteiger partial charge on any atom is 0.257 e. The van der Waals surface area contributed by atoms with Crippen molar-refractivity contribution in [2.24, 2.45) is 7.05 Å². The van der Waals surface area contributed by atoms with Gasteiger partial charge in [-0.2, -0.15) is 5.10 Å². The molecule has 1 N–H and O–H groups in total. The van der Waals surface area contributed by atoms with Crippen molar-refractivity contribution in [1.82, 2.24) is 14.7 Å². The van der Waals surface area contributed by atoms with Crippen LogP contribution >= 0.6 is 0 Å². The van der Waals surface area contributed by atoms with E-state index in [0.717, 1.165) is 17.0 Å². The van der Waals surface area contributed by atoms with Gasteiger partial charge in [-0.15, -0.1) is 0 Å². The van der Waals surface area contributed by atoms with Crippen molar-refractivity contribution in [1.29, 1.82) is 0 Å². The molecule has 2 amide bonds. The van der Waals surface area contributed by atoms with Gasteiger partial charge < -0.3 is 14.6 Å². The van der Waals surface area contributed by atoms with E-state index in [9.17, 15) is 9.59 Å². The predicted molar refractivity (Wildman–Crippen MR) is 104 cm³/mol. The van der Waals surface area contributed by atoms with Gasteiger partial charge in [0.05, 0.1) is 12.1 Å². The summed E-state index contributed by atoms with van der Waals surface area (Å²) in [5.41, 5.74) is 3.06. The first-order valence-electron chi connectivity index (χ1n) is 9.21. The molecule has 7 heteroatoms. The Hall–Kier alpha value is -3.35. The number of nitrogens with zero attached hydrogens (tertiary/aromatic N) is 3. The van der Waals surface area contributed by atoms with Crippen LogP contribution in [0.5, 0.6) is 0 Å². The van der Waals surface area contributed by atoms with Crippen LogP contribution in [-0.2, 0) is 20.0 Å². The van der Waals surface area contributed by atoms with Gasteiger partial charge in [-0.25, -0.2) is 0 Å². The van der Waals surface area contributed by atoms with Gasteiger partial charge in [-0.05, 0) is 32.0 Å². The maximum absolute atomic E-state index is 13.0. The molecule has 7 nitrogen and oxygen atoms in total. The number of hydrogen-bond donors (Lipinski definition) is 1. The van der Waals surface area contributed by atoms with E-state index in [4.69, 9.17) is 4.42 Å². The number of fused-ring (bicyclic) bond motifs is 1. The summed E-state index contributed by atoms with van der Waals surface area (Å²) >= 11 is 0. The zero-order chi connectivity index (χ0) is 19.8. The van der Waals surface area contributed by atoms with Crippen molar-refractivity contribution < 1.29 is 14.0 Å². The minimum atomic E-state index is -0.216. The van der Waals surface area contributed by atoms with Gasteiger partial charge >= 0.3 is 0 Å². The van der Waals surface area contributed by atoms with E-state index in [1.165, 1.54) is 0 Å². The van der Waals surface area contributed by atoms with Crippen LogP contribution in [0.1, 0.15) is 43.5 Å². The van der Waals surface area contributed by atoms with E-state index in [1.807, 2.05) is 32.2 Å². The van der Waals surface area contributed by atoms with Crippen LogP contribution in [0.2, 0.25) is 0 Å². The fourth-order valence-corrected chi connectivity index (χ4v) is 3.65. The Kier molecular flexibility index (Phi) is 4.50. The number of hydrogen-bond acceptors (Lipinski definition) is 4. The van der Waals surface area contributed by atoms with Crippen molar-refractivity contribution in [3.63, 3.8) is 0 Å². The number of rotatable bonds is 3. The molecule has 1 aromatic carbocycles. The summed E-state index contributed by atoms with van der Waals surface area (Å²) in [6, 6.07) is 10.8. The summed E-state index contributed by atoms with van der Waals surface area (Å²) in [6.45, 7) is 4.62. The van der Waals surface area contributed by atoms with E-state index in [2.05, 4.69) is 10.4 Å². The molecule has 144 valence electrons. The van der Waals surface area contributed by atoms with Crippen molar-refractivity contribution in [3.8, 4) is 0 Å². The van der Waals surface area contributed by atoms with Crippen LogP contribution in [0.4, 0.5) is 5.82 Å². The molecule has 0 fully saturated rings. The molecule has 0 saturated carbocycles. The Labute approximate surface area is 162 Å². The van der Waals surface area contributed by atoms with E-state index < -0.39 is 0 Å². The van der Waals surface area contributed by atoms with E-state index in [-0.39, 0.29) is 11.8 Å². The monoisotopic (exact) mass is 378 g/mol. The zero-order valence-corrected chi connectivity index (χ0v) is 16.2. The Morgan fingerprint density at radius 1 is 1.18 bits per heavy atom. The summed E-state index contributed by atoms with van der Waals surface area (Å²) < 4.78 is 7.29. The molecule has 0 radical (unpaired) electrons. The quantitative estimate of drug-likeness (QED) is 0.759. The number of carbonyl (C=O) groups excluding carboxylic acids is 2. The average Bonchev–Trinajstić information content (AvgIpc) is 3.20. The third kappa shape index (κ3) is 3.19. The first-order valence-corrected chi connectivity index (χ1v) is 9.21.